The number of halogens is 1. The predicted octanol–water partition coefficient (Wildman–Crippen LogP) is 7.97. The number of nitrogens with one attached hydrogen (secondary N) is 1. The third-order valence-corrected chi connectivity index (χ3v) is 7.91. The number of nitrogens with zero attached hydrogens (tertiary/aromatic N) is 1. The minimum Gasteiger partial charge on any atom is -0.454 e. The SMILES string of the molecule is CN(C)c1ccc(-c2cc(N)ccc2Nc2cc(Cl)cc3c2Oc2ccccc2C32OC(=O)c3ccccc32)cc1. The average Bonchev–Trinajstić information content (AvgIpc) is 3.27. The molecule has 5 aromatic carbocycles. The Morgan fingerprint density at radius 1 is 0.780 bits per heavy atom. The van der Waals surface area contributed by atoms with Crippen molar-refractivity contribution in [2.75, 3.05) is 30.0 Å². The van der Waals surface area contributed by atoms with E-state index in [9.17, 15) is 4.79 Å². The molecule has 3 N–H and O–H groups in total. The van der Waals surface area contributed by atoms with E-state index in [0.717, 1.165) is 33.6 Å². The van der Waals surface area contributed by atoms with Crippen LogP contribution in [0, 0.1) is 0 Å². The first-order chi connectivity index (χ1) is 19.8. The van der Waals surface area contributed by atoms with Crippen molar-refractivity contribution in [2.45, 2.75) is 5.60 Å². The summed E-state index contributed by atoms with van der Waals surface area (Å²) >= 11 is 6.77. The molecule has 5 aromatic rings. The highest BCUT2D eigenvalue weighted by atomic mass is 35.5. The van der Waals surface area contributed by atoms with Gasteiger partial charge >= 0.3 is 5.97 Å². The normalized spacial score (nSPS) is 16.3. The second-order valence-electron chi connectivity index (χ2n) is 10.4. The van der Waals surface area contributed by atoms with E-state index in [-0.39, 0.29) is 5.97 Å². The van der Waals surface area contributed by atoms with Crippen LogP contribution in [0.3, 0.4) is 0 Å². The van der Waals surface area contributed by atoms with Crippen LogP contribution in [0.15, 0.2) is 103 Å². The summed E-state index contributed by atoms with van der Waals surface area (Å²) < 4.78 is 12.8. The lowest BCUT2D eigenvalue weighted by molar-refractivity contribution is 0.0225. The van der Waals surface area contributed by atoms with Crippen molar-refractivity contribution in [3.8, 4) is 22.6 Å². The van der Waals surface area contributed by atoms with Crippen LogP contribution in [-0.2, 0) is 10.3 Å². The molecule has 7 rings (SSSR count). The molecule has 41 heavy (non-hydrogen) atoms. The van der Waals surface area contributed by atoms with Crippen molar-refractivity contribution < 1.29 is 14.3 Å². The number of carbonyl (C=O) groups is 1. The van der Waals surface area contributed by atoms with Crippen LogP contribution in [0.2, 0.25) is 5.02 Å². The maximum Gasteiger partial charge on any atom is 0.340 e. The van der Waals surface area contributed by atoms with Gasteiger partial charge in [-0.1, -0.05) is 60.1 Å². The summed E-state index contributed by atoms with van der Waals surface area (Å²) in [6, 6.07) is 32.7. The molecule has 0 aromatic heterocycles. The van der Waals surface area contributed by atoms with Crippen molar-refractivity contribution >= 4 is 40.3 Å². The fourth-order valence-electron chi connectivity index (χ4n) is 5.77. The zero-order valence-corrected chi connectivity index (χ0v) is 23.2. The Morgan fingerprint density at radius 2 is 1.51 bits per heavy atom. The Morgan fingerprint density at radius 3 is 2.29 bits per heavy atom. The molecule has 2 aliphatic heterocycles. The molecule has 0 saturated heterocycles. The average molecular weight is 560 g/mol. The number of carbonyl (C=O) groups excluding carboxylic acids is 1. The monoisotopic (exact) mass is 559 g/mol. The molecule has 202 valence electrons. The molecule has 7 heteroatoms. The first-order valence-corrected chi connectivity index (χ1v) is 13.6. The molecule has 0 aliphatic carbocycles. The molecule has 6 nitrogen and oxygen atoms in total. The number of ether oxygens (including phenoxy) is 2. The van der Waals surface area contributed by atoms with Gasteiger partial charge in [-0.25, -0.2) is 4.79 Å². The summed E-state index contributed by atoms with van der Waals surface area (Å²) in [6.07, 6.45) is 0. The van der Waals surface area contributed by atoms with Gasteiger partial charge in [0.05, 0.1) is 16.8 Å². The summed E-state index contributed by atoms with van der Waals surface area (Å²) in [5.41, 5.74) is 12.8. The van der Waals surface area contributed by atoms with E-state index in [1.54, 1.807) is 6.07 Å². The fourth-order valence-corrected chi connectivity index (χ4v) is 5.99. The maximum atomic E-state index is 13.2. The van der Waals surface area contributed by atoms with Crippen LogP contribution < -0.4 is 20.7 Å². The number of hydrogen-bond donors (Lipinski definition) is 2. The van der Waals surface area contributed by atoms with Crippen LogP contribution in [0.1, 0.15) is 27.0 Å². The Labute approximate surface area is 242 Å². The van der Waals surface area contributed by atoms with E-state index >= 15 is 0 Å². The van der Waals surface area contributed by atoms with E-state index in [2.05, 4.69) is 34.5 Å². The number of nitrogen functional groups attached to an aromatic ring is 1. The van der Waals surface area contributed by atoms with Crippen LogP contribution >= 0.6 is 11.6 Å². The van der Waals surface area contributed by atoms with Gasteiger partial charge in [-0.2, -0.15) is 0 Å². The van der Waals surface area contributed by atoms with Gasteiger partial charge in [0.15, 0.2) is 11.4 Å². The number of nitrogens with two attached hydrogens (primary N) is 1. The van der Waals surface area contributed by atoms with Crippen molar-refractivity contribution in [3.63, 3.8) is 0 Å². The molecular formula is C34H26ClN3O3. The topological polar surface area (TPSA) is 76.8 Å². The summed E-state index contributed by atoms with van der Waals surface area (Å²) in [7, 11) is 4.02. The van der Waals surface area contributed by atoms with Gasteiger partial charge in [-0.3, -0.25) is 0 Å². The smallest absolute Gasteiger partial charge is 0.340 e. The molecule has 0 amide bonds. The molecule has 0 radical (unpaired) electrons. The first-order valence-electron chi connectivity index (χ1n) is 13.2. The summed E-state index contributed by atoms with van der Waals surface area (Å²) in [6.45, 7) is 0. The maximum absolute atomic E-state index is 13.2. The lowest BCUT2D eigenvalue weighted by atomic mass is 9.77. The Hall–Kier alpha value is -4.94. The number of para-hydroxylation sites is 1. The third kappa shape index (κ3) is 3.90. The quantitative estimate of drug-likeness (QED) is 0.172. The highest BCUT2D eigenvalue weighted by Crippen LogP contribution is 2.58. The third-order valence-electron chi connectivity index (χ3n) is 7.69. The summed E-state index contributed by atoms with van der Waals surface area (Å²) in [4.78, 5) is 15.2. The molecule has 1 unspecified atom stereocenters. The van der Waals surface area contributed by atoms with E-state index in [0.29, 0.717) is 39.0 Å². The van der Waals surface area contributed by atoms with Gasteiger partial charge in [0.1, 0.15) is 5.75 Å². The van der Waals surface area contributed by atoms with Crippen LogP contribution in [0.25, 0.3) is 11.1 Å². The molecule has 0 bridgehead atoms. The number of esters is 1. The van der Waals surface area contributed by atoms with E-state index < -0.39 is 5.60 Å². The Bertz CT molecular complexity index is 1850. The standard InChI is InChI=1S/C34H26ClN3O3/c1-38(2)23-14-11-20(12-15-23)25-19-22(36)13-16-29(25)37-30-18-21(35)17-28-32(30)40-31-10-6-5-9-27(31)34(28)26-8-4-3-7-24(26)33(39)41-34/h3-19,37H,36H2,1-2H3. The fraction of sp³-hybridized carbons (Fsp3) is 0.0882. The molecule has 2 heterocycles. The highest BCUT2D eigenvalue weighted by Gasteiger charge is 2.54. The van der Waals surface area contributed by atoms with Gasteiger partial charge in [0.2, 0.25) is 0 Å². The second kappa shape index (κ2) is 9.32. The van der Waals surface area contributed by atoms with Gasteiger partial charge < -0.3 is 25.4 Å². The lowest BCUT2D eigenvalue weighted by Crippen LogP contribution is -2.33. The van der Waals surface area contributed by atoms with Crippen molar-refractivity contribution in [1.29, 1.82) is 0 Å². The number of fused-ring (bicyclic) bond motifs is 6. The minimum absolute atomic E-state index is 0.389. The van der Waals surface area contributed by atoms with E-state index in [4.69, 9.17) is 26.8 Å². The van der Waals surface area contributed by atoms with Crippen LogP contribution in [-0.4, -0.2) is 20.1 Å². The number of hydrogen-bond acceptors (Lipinski definition) is 6. The van der Waals surface area contributed by atoms with Crippen LogP contribution in [0.5, 0.6) is 11.5 Å². The predicted molar refractivity (Wildman–Crippen MR) is 164 cm³/mol. The summed E-state index contributed by atoms with van der Waals surface area (Å²) in [5, 5.41) is 4.03. The van der Waals surface area contributed by atoms with Crippen molar-refractivity contribution in [2.24, 2.45) is 0 Å². The van der Waals surface area contributed by atoms with E-state index in [1.807, 2.05) is 86.9 Å². The molecule has 1 spiro atoms. The van der Waals surface area contributed by atoms with Crippen LogP contribution in [0.4, 0.5) is 22.7 Å². The zero-order valence-electron chi connectivity index (χ0n) is 22.4. The van der Waals surface area contributed by atoms with Gasteiger partial charge in [0, 0.05) is 52.9 Å². The summed E-state index contributed by atoms with van der Waals surface area (Å²) in [5.74, 6) is 0.745. The molecule has 0 saturated carbocycles. The second-order valence-corrected chi connectivity index (χ2v) is 10.9. The Balaban J connectivity index is 1.41. The Kier molecular flexibility index (Phi) is 5.70. The van der Waals surface area contributed by atoms with Crippen molar-refractivity contribution in [1.82, 2.24) is 0 Å². The number of anilines is 4. The number of benzene rings is 5. The molecule has 1 atom stereocenters. The zero-order chi connectivity index (χ0) is 28.3. The highest BCUT2D eigenvalue weighted by molar-refractivity contribution is 6.31. The first kappa shape index (κ1) is 25.1. The van der Waals surface area contributed by atoms with Gasteiger partial charge in [-0.15, -0.1) is 0 Å². The largest absolute Gasteiger partial charge is 0.454 e. The minimum atomic E-state index is -1.20. The number of rotatable bonds is 4. The van der Waals surface area contributed by atoms with Crippen molar-refractivity contribution in [3.05, 3.63) is 130 Å². The molecule has 2 aliphatic rings. The molecular weight excluding hydrogens is 534 g/mol. The molecule has 0 fully saturated rings. The lowest BCUT2D eigenvalue weighted by Gasteiger charge is -2.37. The van der Waals surface area contributed by atoms with Gasteiger partial charge in [0.25, 0.3) is 0 Å². The van der Waals surface area contributed by atoms with E-state index in [1.165, 1.54) is 0 Å². The van der Waals surface area contributed by atoms with Gasteiger partial charge in [-0.05, 0) is 60.2 Å².